The Kier molecular flexibility index (Phi) is 5.87. The van der Waals surface area contributed by atoms with Gasteiger partial charge in [0.15, 0.2) is 0 Å². The monoisotopic (exact) mass is 410 g/mol. The third-order valence-corrected chi connectivity index (χ3v) is 5.84. The number of hydrogen-bond donors (Lipinski definition) is 0. The fraction of sp³-hybridized carbons (Fsp3) is 0.273. The largest absolute Gasteiger partial charge is 0.496 e. The molecule has 0 saturated carbocycles. The summed E-state index contributed by atoms with van der Waals surface area (Å²) in [7, 11) is 1.61. The Morgan fingerprint density at radius 2 is 1.86 bits per heavy atom. The van der Waals surface area contributed by atoms with Crippen molar-refractivity contribution in [3.63, 3.8) is 0 Å². The number of morpholine rings is 1. The van der Waals surface area contributed by atoms with Crippen molar-refractivity contribution < 1.29 is 19.1 Å². The molecule has 0 atom stereocenters. The molecule has 0 bridgehead atoms. The quantitative estimate of drug-likeness (QED) is 0.700. The maximum absolute atomic E-state index is 12.8. The lowest BCUT2D eigenvalue weighted by molar-refractivity contribution is -0.123. The molecule has 2 fully saturated rings. The van der Waals surface area contributed by atoms with Crippen LogP contribution in [0, 0.1) is 0 Å². The van der Waals surface area contributed by atoms with Crippen LogP contribution in [0.5, 0.6) is 5.75 Å². The highest BCUT2D eigenvalue weighted by molar-refractivity contribution is 8.18. The molecule has 4 rings (SSSR count). The molecular formula is C22H22N2O4S. The summed E-state index contributed by atoms with van der Waals surface area (Å²) in [5, 5.41) is -0.256. The number of nitrogens with zero attached hydrogens (tertiary/aromatic N) is 2. The number of benzene rings is 2. The first-order valence-corrected chi connectivity index (χ1v) is 10.3. The van der Waals surface area contributed by atoms with E-state index in [1.165, 1.54) is 4.90 Å². The maximum atomic E-state index is 12.8. The zero-order chi connectivity index (χ0) is 20.2. The molecule has 0 unspecified atom stereocenters. The molecule has 2 aliphatic rings. The molecule has 2 saturated heterocycles. The lowest BCUT2D eigenvalue weighted by Crippen LogP contribution is -2.36. The second-order valence-corrected chi connectivity index (χ2v) is 7.77. The highest BCUT2D eigenvalue weighted by atomic mass is 32.2. The minimum Gasteiger partial charge on any atom is -0.496 e. The van der Waals surface area contributed by atoms with Crippen molar-refractivity contribution in [2.75, 3.05) is 38.3 Å². The molecule has 2 amide bonds. The van der Waals surface area contributed by atoms with Crippen molar-refractivity contribution in [3.8, 4) is 5.75 Å². The summed E-state index contributed by atoms with van der Waals surface area (Å²) < 4.78 is 11.0. The first-order valence-electron chi connectivity index (χ1n) is 9.46. The molecule has 6 nitrogen and oxygen atoms in total. The fourth-order valence-corrected chi connectivity index (χ4v) is 4.21. The zero-order valence-electron chi connectivity index (χ0n) is 16.2. The number of amides is 2. The van der Waals surface area contributed by atoms with Crippen molar-refractivity contribution in [1.29, 1.82) is 0 Å². The van der Waals surface area contributed by atoms with Gasteiger partial charge >= 0.3 is 0 Å². The average molecular weight is 410 g/mol. The van der Waals surface area contributed by atoms with Crippen molar-refractivity contribution in [2.45, 2.75) is 6.54 Å². The SMILES string of the molecule is COc1cc(N2CCOCC2)ccc1/C=C1\SC(=O)N(Cc2ccccc2)C1=O. The summed E-state index contributed by atoms with van der Waals surface area (Å²) in [5.41, 5.74) is 2.75. The average Bonchev–Trinajstić information content (AvgIpc) is 3.03. The second-order valence-electron chi connectivity index (χ2n) is 6.78. The van der Waals surface area contributed by atoms with Gasteiger partial charge in [-0.1, -0.05) is 30.3 Å². The smallest absolute Gasteiger partial charge is 0.293 e. The Labute approximate surface area is 174 Å². The molecule has 7 heteroatoms. The van der Waals surface area contributed by atoms with Gasteiger partial charge in [0.05, 0.1) is 31.8 Å². The van der Waals surface area contributed by atoms with Gasteiger partial charge < -0.3 is 14.4 Å². The summed E-state index contributed by atoms with van der Waals surface area (Å²) in [6.45, 7) is 3.36. The highest BCUT2D eigenvalue weighted by Gasteiger charge is 2.35. The molecule has 2 heterocycles. The van der Waals surface area contributed by atoms with Gasteiger partial charge in [-0.15, -0.1) is 0 Å². The Morgan fingerprint density at radius 3 is 2.59 bits per heavy atom. The van der Waals surface area contributed by atoms with Gasteiger partial charge in [-0.2, -0.15) is 0 Å². The van der Waals surface area contributed by atoms with Crippen LogP contribution in [0.3, 0.4) is 0 Å². The van der Waals surface area contributed by atoms with E-state index >= 15 is 0 Å². The van der Waals surface area contributed by atoms with Crippen molar-refractivity contribution >= 4 is 34.7 Å². The maximum Gasteiger partial charge on any atom is 0.293 e. The van der Waals surface area contributed by atoms with E-state index in [-0.39, 0.29) is 17.7 Å². The van der Waals surface area contributed by atoms with Crippen LogP contribution in [0.25, 0.3) is 6.08 Å². The van der Waals surface area contributed by atoms with Crippen molar-refractivity contribution in [3.05, 3.63) is 64.6 Å². The van der Waals surface area contributed by atoms with E-state index in [2.05, 4.69) is 4.90 Å². The van der Waals surface area contributed by atoms with Gasteiger partial charge in [0.25, 0.3) is 11.1 Å². The van der Waals surface area contributed by atoms with E-state index in [0.717, 1.165) is 41.7 Å². The fourth-order valence-electron chi connectivity index (χ4n) is 3.38. The molecule has 0 radical (unpaired) electrons. The van der Waals surface area contributed by atoms with Gasteiger partial charge in [-0.05, 0) is 35.5 Å². The predicted molar refractivity (Wildman–Crippen MR) is 114 cm³/mol. The van der Waals surface area contributed by atoms with E-state index in [4.69, 9.17) is 9.47 Å². The number of ether oxygens (including phenoxy) is 2. The van der Waals surface area contributed by atoms with Crippen molar-refractivity contribution in [2.24, 2.45) is 0 Å². The second kappa shape index (κ2) is 8.71. The van der Waals surface area contributed by atoms with Crippen LogP contribution in [0.2, 0.25) is 0 Å². The number of anilines is 1. The Hall–Kier alpha value is -2.77. The number of thioether (sulfide) groups is 1. The van der Waals surface area contributed by atoms with E-state index in [1.807, 2.05) is 48.5 Å². The minimum atomic E-state index is -0.275. The molecule has 2 aromatic carbocycles. The van der Waals surface area contributed by atoms with E-state index in [9.17, 15) is 9.59 Å². The van der Waals surface area contributed by atoms with Crippen LogP contribution < -0.4 is 9.64 Å². The first kappa shape index (κ1) is 19.5. The van der Waals surface area contributed by atoms with Crippen molar-refractivity contribution in [1.82, 2.24) is 4.90 Å². The summed E-state index contributed by atoms with van der Waals surface area (Å²) in [5.74, 6) is 0.395. The van der Waals surface area contributed by atoms with Gasteiger partial charge in [-0.3, -0.25) is 14.5 Å². The molecule has 0 aromatic heterocycles. The Balaban J connectivity index is 1.55. The number of carbonyl (C=O) groups is 2. The van der Waals surface area contributed by atoms with Crippen LogP contribution in [0.15, 0.2) is 53.4 Å². The summed E-state index contributed by atoms with van der Waals surface area (Å²) in [6.07, 6.45) is 1.73. The molecule has 2 aromatic rings. The first-order chi connectivity index (χ1) is 14.2. The van der Waals surface area contributed by atoms with Gasteiger partial charge in [0.2, 0.25) is 0 Å². The van der Waals surface area contributed by atoms with Gasteiger partial charge in [0.1, 0.15) is 5.75 Å². The van der Waals surface area contributed by atoms with Crippen LogP contribution in [-0.2, 0) is 16.1 Å². The topological polar surface area (TPSA) is 59.1 Å². The number of imide groups is 1. The molecule has 29 heavy (non-hydrogen) atoms. The van der Waals surface area contributed by atoms with Gasteiger partial charge in [0, 0.05) is 30.4 Å². The molecular weight excluding hydrogens is 388 g/mol. The number of carbonyl (C=O) groups excluding carboxylic acids is 2. The minimum absolute atomic E-state index is 0.256. The van der Waals surface area contributed by atoms with E-state index in [1.54, 1.807) is 13.2 Å². The standard InChI is InChI=1S/C22H22N2O4S/c1-27-19-14-18(23-9-11-28-12-10-23)8-7-17(19)13-20-21(25)24(22(26)29-20)15-16-5-3-2-4-6-16/h2-8,13-14H,9-12,15H2,1H3/b20-13-. The molecule has 0 aliphatic carbocycles. The highest BCUT2D eigenvalue weighted by Crippen LogP contribution is 2.36. The normalized spacial score (nSPS) is 18.6. The summed E-state index contributed by atoms with van der Waals surface area (Å²) in [6, 6.07) is 15.4. The van der Waals surface area contributed by atoms with Gasteiger partial charge in [-0.25, -0.2) is 0 Å². The number of rotatable bonds is 5. The molecule has 0 N–H and O–H groups in total. The predicted octanol–water partition coefficient (Wildman–Crippen LogP) is 3.77. The number of hydrogen-bond acceptors (Lipinski definition) is 6. The van der Waals surface area contributed by atoms with Crippen LogP contribution in [0.4, 0.5) is 10.5 Å². The Morgan fingerprint density at radius 1 is 1.10 bits per heavy atom. The van der Waals surface area contributed by atoms with Crippen LogP contribution >= 0.6 is 11.8 Å². The molecule has 2 aliphatic heterocycles. The van der Waals surface area contributed by atoms with Crippen LogP contribution in [-0.4, -0.2) is 49.5 Å². The third-order valence-electron chi connectivity index (χ3n) is 4.94. The molecule has 0 spiro atoms. The summed E-state index contributed by atoms with van der Waals surface area (Å²) >= 11 is 0.963. The number of methoxy groups -OCH3 is 1. The lowest BCUT2D eigenvalue weighted by Gasteiger charge is -2.29. The lowest BCUT2D eigenvalue weighted by atomic mass is 10.1. The molecule has 150 valence electrons. The third kappa shape index (κ3) is 4.31. The van der Waals surface area contributed by atoms with E-state index in [0.29, 0.717) is 23.9 Å². The van der Waals surface area contributed by atoms with E-state index < -0.39 is 0 Å². The summed E-state index contributed by atoms with van der Waals surface area (Å²) in [4.78, 5) is 29.1. The Bertz CT molecular complexity index is 939. The zero-order valence-corrected chi connectivity index (χ0v) is 17.0. The van der Waals surface area contributed by atoms with Crippen LogP contribution in [0.1, 0.15) is 11.1 Å².